The Labute approximate surface area is 123 Å². The summed E-state index contributed by atoms with van der Waals surface area (Å²) in [4.78, 5) is 13.5. The number of aryl methyl sites for hydroxylation is 1. The maximum Gasteiger partial charge on any atom is 0.223 e. The molecule has 1 amide bonds. The first-order chi connectivity index (χ1) is 9.08. The van der Waals surface area contributed by atoms with E-state index in [1.54, 1.807) is 23.1 Å². The predicted molar refractivity (Wildman–Crippen MR) is 78.6 cm³/mol. The van der Waals surface area contributed by atoms with Gasteiger partial charge in [-0.05, 0) is 24.1 Å². The van der Waals surface area contributed by atoms with Gasteiger partial charge in [-0.3, -0.25) is 4.79 Å². The van der Waals surface area contributed by atoms with Gasteiger partial charge in [0.2, 0.25) is 5.91 Å². The highest BCUT2D eigenvalue weighted by Crippen LogP contribution is 2.22. The molecule has 5 heteroatoms. The number of halogens is 2. The van der Waals surface area contributed by atoms with Gasteiger partial charge < -0.3 is 10.0 Å². The second-order valence-corrected chi connectivity index (χ2v) is 4.93. The Balaban J connectivity index is 2.59. The standard InChI is InChI=1S/C14H17Cl2NO2/c1-2-7-17(8-9-18)14(19)6-4-11-3-5-12(15)10-13(11)16/h2-3,5,10,18H,1,4,6-9H2. The number of hydrogen-bond donors (Lipinski definition) is 1. The maximum absolute atomic E-state index is 12.0. The third-order valence-electron chi connectivity index (χ3n) is 2.70. The summed E-state index contributed by atoms with van der Waals surface area (Å²) in [5, 5.41) is 10.1. The number of carbonyl (C=O) groups excluding carboxylic acids is 1. The lowest BCUT2D eigenvalue weighted by Crippen LogP contribution is -2.33. The molecule has 3 nitrogen and oxygen atoms in total. The fourth-order valence-electron chi connectivity index (χ4n) is 1.72. The number of aliphatic hydroxyl groups is 1. The van der Waals surface area contributed by atoms with Crippen molar-refractivity contribution in [3.63, 3.8) is 0 Å². The highest BCUT2D eigenvalue weighted by molar-refractivity contribution is 6.35. The number of hydrogen-bond acceptors (Lipinski definition) is 2. The summed E-state index contributed by atoms with van der Waals surface area (Å²) >= 11 is 11.9. The van der Waals surface area contributed by atoms with E-state index in [0.717, 1.165) is 5.56 Å². The van der Waals surface area contributed by atoms with Gasteiger partial charge in [-0.2, -0.15) is 0 Å². The molecule has 0 aliphatic heterocycles. The van der Waals surface area contributed by atoms with E-state index in [2.05, 4.69) is 6.58 Å². The van der Waals surface area contributed by atoms with Crippen molar-refractivity contribution in [1.82, 2.24) is 4.90 Å². The molecule has 0 aliphatic rings. The lowest BCUT2D eigenvalue weighted by atomic mass is 10.1. The Morgan fingerprint density at radius 2 is 2.16 bits per heavy atom. The minimum atomic E-state index is -0.0543. The monoisotopic (exact) mass is 301 g/mol. The summed E-state index contributed by atoms with van der Waals surface area (Å²) < 4.78 is 0. The van der Waals surface area contributed by atoms with Gasteiger partial charge in [0.25, 0.3) is 0 Å². The Hall–Kier alpha value is -1.03. The number of rotatable bonds is 7. The van der Waals surface area contributed by atoms with Gasteiger partial charge in [-0.15, -0.1) is 6.58 Å². The summed E-state index contributed by atoms with van der Waals surface area (Å²) in [5.74, 6) is -0.0278. The highest BCUT2D eigenvalue weighted by atomic mass is 35.5. The predicted octanol–water partition coefficient (Wildman–Crippen LogP) is 2.93. The summed E-state index contributed by atoms with van der Waals surface area (Å²) in [6, 6.07) is 5.24. The van der Waals surface area contributed by atoms with Crippen molar-refractivity contribution in [2.75, 3.05) is 19.7 Å². The molecule has 1 aromatic rings. The molecule has 0 unspecified atom stereocenters. The third-order valence-corrected chi connectivity index (χ3v) is 3.28. The van der Waals surface area contributed by atoms with Crippen LogP contribution >= 0.6 is 23.2 Å². The normalized spacial score (nSPS) is 10.3. The minimum absolute atomic E-state index is 0.0278. The van der Waals surface area contributed by atoms with Crippen LogP contribution in [0.3, 0.4) is 0 Å². The zero-order chi connectivity index (χ0) is 14.3. The number of aliphatic hydroxyl groups excluding tert-OH is 1. The quantitative estimate of drug-likeness (QED) is 0.787. The lowest BCUT2D eigenvalue weighted by molar-refractivity contribution is -0.131. The molecule has 0 aromatic heterocycles. The van der Waals surface area contributed by atoms with Gasteiger partial charge in [0, 0.05) is 29.6 Å². The largest absolute Gasteiger partial charge is 0.395 e. The number of carbonyl (C=O) groups is 1. The van der Waals surface area contributed by atoms with Crippen molar-refractivity contribution in [3.8, 4) is 0 Å². The average molecular weight is 302 g/mol. The Morgan fingerprint density at radius 1 is 1.42 bits per heavy atom. The van der Waals surface area contributed by atoms with Crippen LogP contribution in [0, 0.1) is 0 Å². The van der Waals surface area contributed by atoms with Crippen LogP contribution < -0.4 is 0 Å². The van der Waals surface area contributed by atoms with Crippen molar-refractivity contribution >= 4 is 29.1 Å². The van der Waals surface area contributed by atoms with Crippen molar-refractivity contribution < 1.29 is 9.90 Å². The molecule has 0 bridgehead atoms. The van der Waals surface area contributed by atoms with Crippen LogP contribution in [0.25, 0.3) is 0 Å². The fourth-order valence-corrected chi connectivity index (χ4v) is 2.22. The van der Waals surface area contributed by atoms with Gasteiger partial charge in [-0.25, -0.2) is 0 Å². The highest BCUT2D eigenvalue weighted by Gasteiger charge is 2.12. The van der Waals surface area contributed by atoms with Gasteiger partial charge in [-0.1, -0.05) is 35.3 Å². The fraction of sp³-hybridized carbons (Fsp3) is 0.357. The molecule has 1 N–H and O–H groups in total. The summed E-state index contributed by atoms with van der Waals surface area (Å²) in [7, 11) is 0. The van der Waals surface area contributed by atoms with Crippen LogP contribution in [0.4, 0.5) is 0 Å². The summed E-state index contributed by atoms with van der Waals surface area (Å²) in [6.45, 7) is 4.30. The zero-order valence-corrected chi connectivity index (χ0v) is 12.1. The van der Waals surface area contributed by atoms with Crippen molar-refractivity contribution in [3.05, 3.63) is 46.5 Å². The van der Waals surface area contributed by atoms with Crippen molar-refractivity contribution in [1.29, 1.82) is 0 Å². The maximum atomic E-state index is 12.0. The molecule has 0 heterocycles. The Morgan fingerprint density at radius 3 is 2.74 bits per heavy atom. The van der Waals surface area contributed by atoms with Crippen LogP contribution in [0.1, 0.15) is 12.0 Å². The van der Waals surface area contributed by atoms with Crippen LogP contribution in [0.5, 0.6) is 0 Å². The number of nitrogens with zero attached hydrogens (tertiary/aromatic N) is 1. The van der Waals surface area contributed by atoms with E-state index in [-0.39, 0.29) is 12.5 Å². The third kappa shape index (κ3) is 5.23. The first-order valence-electron chi connectivity index (χ1n) is 6.02. The molecule has 0 fully saturated rings. The van der Waals surface area contributed by atoms with Gasteiger partial charge >= 0.3 is 0 Å². The molecule has 0 spiro atoms. The van der Waals surface area contributed by atoms with E-state index in [4.69, 9.17) is 28.3 Å². The van der Waals surface area contributed by atoms with Gasteiger partial charge in [0.15, 0.2) is 0 Å². The molecular formula is C14H17Cl2NO2. The van der Waals surface area contributed by atoms with Crippen LogP contribution in [-0.4, -0.2) is 35.6 Å². The number of amides is 1. The van der Waals surface area contributed by atoms with E-state index < -0.39 is 0 Å². The Bertz CT molecular complexity index is 449. The first kappa shape index (κ1) is 16.0. The van der Waals surface area contributed by atoms with Crippen LogP contribution in [0.15, 0.2) is 30.9 Å². The number of benzene rings is 1. The zero-order valence-electron chi connectivity index (χ0n) is 10.6. The van der Waals surface area contributed by atoms with Gasteiger partial charge in [0.1, 0.15) is 0 Å². The lowest BCUT2D eigenvalue weighted by Gasteiger charge is -2.20. The van der Waals surface area contributed by atoms with E-state index in [1.807, 2.05) is 6.07 Å². The molecule has 1 aromatic carbocycles. The molecule has 0 saturated carbocycles. The van der Waals surface area contributed by atoms with Crippen LogP contribution in [0.2, 0.25) is 10.0 Å². The van der Waals surface area contributed by atoms with E-state index >= 15 is 0 Å². The first-order valence-corrected chi connectivity index (χ1v) is 6.77. The minimum Gasteiger partial charge on any atom is -0.395 e. The van der Waals surface area contributed by atoms with Gasteiger partial charge in [0.05, 0.1) is 6.61 Å². The summed E-state index contributed by atoms with van der Waals surface area (Å²) in [5.41, 5.74) is 0.891. The molecular weight excluding hydrogens is 285 g/mol. The molecule has 0 saturated heterocycles. The molecule has 0 atom stereocenters. The molecule has 104 valence electrons. The topological polar surface area (TPSA) is 40.5 Å². The molecule has 1 rings (SSSR count). The molecule has 0 radical (unpaired) electrons. The molecule has 0 aliphatic carbocycles. The smallest absolute Gasteiger partial charge is 0.223 e. The van der Waals surface area contributed by atoms with Crippen LogP contribution in [-0.2, 0) is 11.2 Å². The Kier molecular flexibility index (Phi) is 6.92. The average Bonchev–Trinajstić information content (AvgIpc) is 2.37. The van der Waals surface area contributed by atoms with Crippen molar-refractivity contribution in [2.24, 2.45) is 0 Å². The van der Waals surface area contributed by atoms with E-state index in [1.165, 1.54) is 0 Å². The molecule has 19 heavy (non-hydrogen) atoms. The second kappa shape index (κ2) is 8.20. The van der Waals surface area contributed by atoms with E-state index in [9.17, 15) is 4.79 Å². The SMILES string of the molecule is C=CCN(CCO)C(=O)CCc1ccc(Cl)cc1Cl. The summed E-state index contributed by atoms with van der Waals surface area (Å²) in [6.07, 6.45) is 2.53. The second-order valence-electron chi connectivity index (χ2n) is 4.09. The van der Waals surface area contributed by atoms with E-state index in [0.29, 0.717) is 36.0 Å². The van der Waals surface area contributed by atoms with Crippen molar-refractivity contribution in [2.45, 2.75) is 12.8 Å².